The molecule has 92 valence electrons. The third-order valence-corrected chi connectivity index (χ3v) is 3.19. The Bertz CT molecular complexity index is 279. The van der Waals surface area contributed by atoms with Crippen molar-refractivity contribution in [2.45, 2.75) is 18.9 Å². The summed E-state index contributed by atoms with van der Waals surface area (Å²) in [6.07, 6.45) is 1.93. The summed E-state index contributed by atoms with van der Waals surface area (Å²) in [6, 6.07) is -0.293. The summed E-state index contributed by atoms with van der Waals surface area (Å²) in [6.45, 7) is 2.07. The molecule has 2 N–H and O–H groups in total. The number of rotatable bonds is 1. The maximum absolute atomic E-state index is 11.9. The fourth-order valence-electron chi connectivity index (χ4n) is 2.31. The number of hydrogen-bond acceptors (Lipinski definition) is 3. The average molecular weight is 248 g/mol. The quantitative estimate of drug-likeness (QED) is 0.648. The first-order valence-electron chi connectivity index (χ1n) is 5.43. The molecule has 1 unspecified atom stereocenters. The minimum absolute atomic E-state index is 0. The SMILES string of the molecule is CN1CC(=O)NC(C2CCNCC2)C1=O.Cl. The number of amides is 2. The van der Waals surface area contributed by atoms with E-state index in [0.29, 0.717) is 5.92 Å². The smallest absolute Gasteiger partial charge is 0.245 e. The maximum atomic E-state index is 11.9. The predicted octanol–water partition coefficient (Wildman–Crippen LogP) is -0.635. The Morgan fingerprint density at radius 2 is 1.88 bits per heavy atom. The summed E-state index contributed by atoms with van der Waals surface area (Å²) in [4.78, 5) is 24.7. The van der Waals surface area contributed by atoms with Crippen LogP contribution in [0.3, 0.4) is 0 Å². The lowest BCUT2D eigenvalue weighted by Crippen LogP contribution is -2.60. The van der Waals surface area contributed by atoms with Gasteiger partial charge in [-0.05, 0) is 31.8 Å². The zero-order valence-corrected chi connectivity index (χ0v) is 10.2. The number of halogens is 1. The molecule has 2 heterocycles. The largest absolute Gasteiger partial charge is 0.342 e. The van der Waals surface area contributed by atoms with Crippen LogP contribution in [0.2, 0.25) is 0 Å². The number of piperazine rings is 1. The molecule has 1 atom stereocenters. The summed E-state index contributed by atoms with van der Waals surface area (Å²) in [5.41, 5.74) is 0. The first-order chi connectivity index (χ1) is 7.18. The summed E-state index contributed by atoms with van der Waals surface area (Å²) in [5.74, 6) is 0.313. The summed E-state index contributed by atoms with van der Waals surface area (Å²) in [7, 11) is 1.69. The molecule has 0 radical (unpaired) electrons. The van der Waals surface area contributed by atoms with Gasteiger partial charge in [0.2, 0.25) is 11.8 Å². The molecule has 0 saturated carbocycles. The molecule has 0 aliphatic carbocycles. The molecule has 0 spiro atoms. The van der Waals surface area contributed by atoms with Crippen LogP contribution >= 0.6 is 12.4 Å². The van der Waals surface area contributed by atoms with Gasteiger partial charge in [-0.15, -0.1) is 12.4 Å². The summed E-state index contributed by atoms with van der Waals surface area (Å²) >= 11 is 0. The second kappa shape index (κ2) is 5.50. The molecule has 16 heavy (non-hydrogen) atoms. The predicted molar refractivity (Wildman–Crippen MR) is 62.4 cm³/mol. The highest BCUT2D eigenvalue weighted by molar-refractivity contribution is 5.94. The number of likely N-dealkylation sites (N-methyl/N-ethyl adjacent to an activating group) is 1. The van der Waals surface area contributed by atoms with Crippen molar-refractivity contribution >= 4 is 24.2 Å². The molecular formula is C10H18ClN3O2. The molecule has 2 aliphatic heterocycles. The average Bonchev–Trinajstić information content (AvgIpc) is 2.24. The van der Waals surface area contributed by atoms with Crippen LogP contribution in [0.1, 0.15) is 12.8 Å². The van der Waals surface area contributed by atoms with E-state index in [-0.39, 0.29) is 36.8 Å². The van der Waals surface area contributed by atoms with Gasteiger partial charge in [0.15, 0.2) is 0 Å². The van der Waals surface area contributed by atoms with Crippen LogP contribution in [0.5, 0.6) is 0 Å². The molecule has 2 rings (SSSR count). The van der Waals surface area contributed by atoms with E-state index in [0.717, 1.165) is 25.9 Å². The van der Waals surface area contributed by atoms with E-state index in [1.165, 1.54) is 4.90 Å². The van der Waals surface area contributed by atoms with Crippen LogP contribution in [-0.2, 0) is 9.59 Å². The molecule has 2 fully saturated rings. The van der Waals surface area contributed by atoms with Gasteiger partial charge in [0.25, 0.3) is 0 Å². The zero-order valence-electron chi connectivity index (χ0n) is 9.36. The van der Waals surface area contributed by atoms with Crippen molar-refractivity contribution in [3.05, 3.63) is 0 Å². The van der Waals surface area contributed by atoms with E-state index in [9.17, 15) is 9.59 Å². The third-order valence-electron chi connectivity index (χ3n) is 3.19. The van der Waals surface area contributed by atoms with Gasteiger partial charge in [-0.2, -0.15) is 0 Å². The Balaban J connectivity index is 0.00000128. The van der Waals surface area contributed by atoms with Crippen LogP contribution in [-0.4, -0.2) is 49.4 Å². The summed E-state index contributed by atoms with van der Waals surface area (Å²) in [5, 5.41) is 6.06. The van der Waals surface area contributed by atoms with E-state index in [2.05, 4.69) is 10.6 Å². The fourth-order valence-corrected chi connectivity index (χ4v) is 2.31. The molecule has 2 amide bonds. The van der Waals surface area contributed by atoms with E-state index in [1.54, 1.807) is 7.05 Å². The number of hydrogen-bond donors (Lipinski definition) is 2. The second-order valence-electron chi connectivity index (χ2n) is 4.33. The van der Waals surface area contributed by atoms with Crippen molar-refractivity contribution in [2.24, 2.45) is 5.92 Å². The van der Waals surface area contributed by atoms with Gasteiger partial charge in [0.1, 0.15) is 6.04 Å². The number of nitrogens with one attached hydrogen (secondary N) is 2. The number of piperidine rings is 1. The van der Waals surface area contributed by atoms with Crippen molar-refractivity contribution in [3.63, 3.8) is 0 Å². The second-order valence-corrected chi connectivity index (χ2v) is 4.33. The Morgan fingerprint density at radius 1 is 1.25 bits per heavy atom. The first-order valence-corrected chi connectivity index (χ1v) is 5.43. The van der Waals surface area contributed by atoms with Gasteiger partial charge in [0.05, 0.1) is 6.54 Å². The lowest BCUT2D eigenvalue weighted by molar-refractivity contribution is -0.144. The molecule has 0 aromatic carbocycles. The van der Waals surface area contributed by atoms with Crippen LogP contribution in [0.15, 0.2) is 0 Å². The molecule has 2 aliphatic rings. The monoisotopic (exact) mass is 247 g/mol. The van der Waals surface area contributed by atoms with Crippen LogP contribution < -0.4 is 10.6 Å². The minimum Gasteiger partial charge on any atom is -0.342 e. The van der Waals surface area contributed by atoms with Crippen molar-refractivity contribution in [1.29, 1.82) is 0 Å². The van der Waals surface area contributed by atoms with Crippen molar-refractivity contribution in [1.82, 2.24) is 15.5 Å². The highest BCUT2D eigenvalue weighted by Crippen LogP contribution is 2.19. The maximum Gasteiger partial charge on any atom is 0.245 e. The van der Waals surface area contributed by atoms with Crippen molar-refractivity contribution in [3.8, 4) is 0 Å². The van der Waals surface area contributed by atoms with Gasteiger partial charge in [-0.3, -0.25) is 9.59 Å². The fraction of sp³-hybridized carbons (Fsp3) is 0.800. The van der Waals surface area contributed by atoms with E-state index in [1.807, 2.05) is 0 Å². The molecule has 0 aromatic rings. The Labute approximate surface area is 101 Å². The highest BCUT2D eigenvalue weighted by atomic mass is 35.5. The van der Waals surface area contributed by atoms with E-state index in [4.69, 9.17) is 0 Å². The topological polar surface area (TPSA) is 61.4 Å². The summed E-state index contributed by atoms with van der Waals surface area (Å²) < 4.78 is 0. The van der Waals surface area contributed by atoms with Gasteiger partial charge < -0.3 is 15.5 Å². The molecule has 0 aromatic heterocycles. The molecule has 6 heteroatoms. The zero-order chi connectivity index (χ0) is 10.8. The van der Waals surface area contributed by atoms with Crippen molar-refractivity contribution in [2.75, 3.05) is 26.7 Å². The Morgan fingerprint density at radius 3 is 2.50 bits per heavy atom. The van der Waals surface area contributed by atoms with Crippen LogP contribution in [0.4, 0.5) is 0 Å². The number of nitrogens with zero attached hydrogens (tertiary/aromatic N) is 1. The van der Waals surface area contributed by atoms with Crippen LogP contribution in [0.25, 0.3) is 0 Å². The van der Waals surface area contributed by atoms with E-state index < -0.39 is 0 Å². The normalized spacial score (nSPS) is 27.3. The molecular weight excluding hydrogens is 230 g/mol. The van der Waals surface area contributed by atoms with Crippen molar-refractivity contribution < 1.29 is 9.59 Å². The lowest BCUT2D eigenvalue weighted by Gasteiger charge is -2.36. The van der Waals surface area contributed by atoms with Gasteiger partial charge >= 0.3 is 0 Å². The van der Waals surface area contributed by atoms with Gasteiger partial charge in [-0.25, -0.2) is 0 Å². The Hall–Kier alpha value is -0.810. The molecule has 2 saturated heterocycles. The van der Waals surface area contributed by atoms with Gasteiger partial charge in [-0.1, -0.05) is 0 Å². The number of carbonyl (C=O) groups excluding carboxylic acids is 2. The minimum atomic E-state index is -0.293. The van der Waals surface area contributed by atoms with E-state index >= 15 is 0 Å². The lowest BCUT2D eigenvalue weighted by atomic mass is 9.88. The third kappa shape index (κ3) is 2.65. The van der Waals surface area contributed by atoms with Gasteiger partial charge in [0, 0.05) is 7.05 Å². The molecule has 0 bridgehead atoms. The highest BCUT2D eigenvalue weighted by Gasteiger charge is 2.36. The van der Waals surface area contributed by atoms with Crippen LogP contribution in [0, 0.1) is 5.92 Å². The Kier molecular flexibility index (Phi) is 4.56. The molecule has 5 nitrogen and oxygen atoms in total. The first kappa shape index (κ1) is 13.3. The standard InChI is InChI=1S/C10H17N3O2.ClH/c1-13-6-8(14)12-9(10(13)15)7-2-4-11-5-3-7;/h7,9,11H,2-6H2,1H3,(H,12,14);1H. The number of carbonyl (C=O) groups is 2.